The maximum absolute atomic E-state index is 13.0. The molecule has 0 spiro atoms. The highest BCUT2D eigenvalue weighted by atomic mass is 16.6. The average molecular weight is 1150 g/mol. The van der Waals surface area contributed by atoms with Crippen molar-refractivity contribution in [2.75, 3.05) is 13.2 Å². The van der Waals surface area contributed by atoms with Crippen molar-refractivity contribution in [3.05, 3.63) is 72.9 Å². The van der Waals surface area contributed by atoms with Crippen molar-refractivity contribution in [2.45, 2.75) is 380 Å². The van der Waals surface area contributed by atoms with Gasteiger partial charge in [-0.05, 0) is 96.3 Å². The lowest BCUT2D eigenvalue weighted by Gasteiger charge is -2.18. The van der Waals surface area contributed by atoms with Crippen LogP contribution in [0.15, 0.2) is 72.9 Å². The molecule has 0 radical (unpaired) electrons. The fourth-order valence-corrected chi connectivity index (χ4v) is 10.5. The van der Waals surface area contributed by atoms with E-state index in [-0.39, 0.29) is 31.1 Å². The van der Waals surface area contributed by atoms with Crippen molar-refractivity contribution in [1.82, 2.24) is 0 Å². The van der Waals surface area contributed by atoms with Crippen molar-refractivity contribution >= 4 is 17.9 Å². The Kier molecular flexibility index (Phi) is 67.6. The summed E-state index contributed by atoms with van der Waals surface area (Å²) < 4.78 is 17.0. The fraction of sp³-hybridized carbons (Fsp3) is 0.803. The molecule has 0 saturated heterocycles. The van der Waals surface area contributed by atoms with Crippen molar-refractivity contribution in [3.63, 3.8) is 0 Å². The minimum atomic E-state index is -0.782. The third-order valence-electron chi connectivity index (χ3n) is 15.9. The summed E-state index contributed by atoms with van der Waals surface area (Å²) in [6.45, 7) is 6.67. The van der Waals surface area contributed by atoms with Crippen LogP contribution in [0.5, 0.6) is 0 Å². The van der Waals surface area contributed by atoms with Crippen LogP contribution in [0, 0.1) is 0 Å². The zero-order valence-electron chi connectivity index (χ0n) is 54.8. The second-order valence-corrected chi connectivity index (χ2v) is 24.1. The van der Waals surface area contributed by atoms with Gasteiger partial charge in [-0.1, -0.05) is 331 Å². The molecular weight excluding hydrogens is 1010 g/mol. The monoisotopic (exact) mass is 1150 g/mol. The van der Waals surface area contributed by atoms with E-state index in [9.17, 15) is 14.4 Å². The van der Waals surface area contributed by atoms with Crippen molar-refractivity contribution in [1.29, 1.82) is 0 Å². The van der Waals surface area contributed by atoms with Crippen molar-refractivity contribution < 1.29 is 28.6 Å². The Balaban J connectivity index is 4.35. The summed E-state index contributed by atoms with van der Waals surface area (Å²) in [6.07, 6.45) is 92.0. The molecule has 6 nitrogen and oxygen atoms in total. The van der Waals surface area contributed by atoms with Crippen LogP contribution in [0.2, 0.25) is 0 Å². The predicted octanol–water partition coefficient (Wildman–Crippen LogP) is 24.8. The highest BCUT2D eigenvalue weighted by Crippen LogP contribution is 2.18. The van der Waals surface area contributed by atoms with E-state index in [1.54, 1.807) is 0 Å². The fourth-order valence-electron chi connectivity index (χ4n) is 10.5. The number of rotatable bonds is 66. The number of hydrogen-bond acceptors (Lipinski definition) is 6. The predicted molar refractivity (Wildman–Crippen MR) is 358 cm³/mol. The lowest BCUT2D eigenvalue weighted by atomic mass is 10.0. The van der Waals surface area contributed by atoms with Gasteiger partial charge in [0.25, 0.3) is 0 Å². The van der Waals surface area contributed by atoms with Gasteiger partial charge in [-0.3, -0.25) is 14.4 Å². The van der Waals surface area contributed by atoms with Crippen LogP contribution >= 0.6 is 0 Å². The molecule has 6 heteroatoms. The summed E-state index contributed by atoms with van der Waals surface area (Å²) in [4.78, 5) is 38.5. The summed E-state index contributed by atoms with van der Waals surface area (Å²) in [5.41, 5.74) is 0. The van der Waals surface area contributed by atoms with E-state index >= 15 is 0 Å². The van der Waals surface area contributed by atoms with Crippen molar-refractivity contribution in [2.24, 2.45) is 0 Å². The quantitative estimate of drug-likeness (QED) is 0.0261. The van der Waals surface area contributed by atoms with E-state index in [0.717, 1.165) is 89.9 Å². The number of allylic oxidation sites excluding steroid dienone is 12. The van der Waals surface area contributed by atoms with Gasteiger partial charge in [0.05, 0.1) is 0 Å². The zero-order chi connectivity index (χ0) is 59.2. The van der Waals surface area contributed by atoms with Crippen LogP contribution in [0.3, 0.4) is 0 Å². The Bertz CT molecular complexity index is 1500. The highest BCUT2D eigenvalue weighted by molar-refractivity contribution is 5.71. The smallest absolute Gasteiger partial charge is 0.306 e. The largest absolute Gasteiger partial charge is 0.462 e. The number of unbranched alkanes of at least 4 members (excludes halogenated alkanes) is 43. The summed E-state index contributed by atoms with van der Waals surface area (Å²) >= 11 is 0. The summed E-state index contributed by atoms with van der Waals surface area (Å²) in [5, 5.41) is 0. The molecular formula is C76H136O6. The molecule has 0 heterocycles. The van der Waals surface area contributed by atoms with Crippen LogP contribution in [-0.4, -0.2) is 37.2 Å². The SMILES string of the molecule is CCCCCCC/C=C\C/C=C\C/C=C\CCCCCCCCCCCCC(=O)OCC(COC(=O)CCCCCCCCCCCCCCCCCC)OC(=O)CCCCCCCCCC/C=C\C/C=C\C/C=C\CCCCCCC. The van der Waals surface area contributed by atoms with Gasteiger partial charge in [0.15, 0.2) is 6.10 Å². The van der Waals surface area contributed by atoms with Gasteiger partial charge in [0, 0.05) is 19.3 Å². The first-order valence-electron chi connectivity index (χ1n) is 35.9. The maximum atomic E-state index is 13.0. The van der Waals surface area contributed by atoms with Gasteiger partial charge in [0.1, 0.15) is 13.2 Å². The van der Waals surface area contributed by atoms with Crippen molar-refractivity contribution in [3.8, 4) is 0 Å². The van der Waals surface area contributed by atoms with Gasteiger partial charge in [-0.2, -0.15) is 0 Å². The Morgan fingerprint density at radius 3 is 0.683 bits per heavy atom. The Morgan fingerprint density at radius 2 is 0.439 bits per heavy atom. The van der Waals surface area contributed by atoms with Crippen LogP contribution < -0.4 is 0 Å². The molecule has 0 aliphatic heterocycles. The van der Waals surface area contributed by atoms with Gasteiger partial charge >= 0.3 is 17.9 Å². The molecule has 0 N–H and O–H groups in total. The van der Waals surface area contributed by atoms with E-state index in [1.165, 1.54) is 244 Å². The topological polar surface area (TPSA) is 78.9 Å². The first kappa shape index (κ1) is 78.8. The molecule has 0 aromatic carbocycles. The molecule has 82 heavy (non-hydrogen) atoms. The molecule has 0 aromatic heterocycles. The highest BCUT2D eigenvalue weighted by Gasteiger charge is 2.19. The summed E-state index contributed by atoms with van der Waals surface area (Å²) in [7, 11) is 0. The number of ether oxygens (including phenoxy) is 3. The van der Waals surface area contributed by atoms with Gasteiger partial charge < -0.3 is 14.2 Å². The minimum absolute atomic E-state index is 0.0759. The molecule has 0 saturated carbocycles. The van der Waals surface area contributed by atoms with E-state index in [2.05, 4.69) is 93.7 Å². The maximum Gasteiger partial charge on any atom is 0.306 e. The molecule has 0 amide bonds. The number of carbonyl (C=O) groups is 3. The average Bonchev–Trinajstić information content (AvgIpc) is 3.47. The molecule has 0 aromatic rings. The molecule has 0 aliphatic carbocycles. The third kappa shape index (κ3) is 67.6. The second-order valence-electron chi connectivity index (χ2n) is 24.1. The van der Waals surface area contributed by atoms with Gasteiger partial charge in [-0.25, -0.2) is 0 Å². The number of esters is 3. The van der Waals surface area contributed by atoms with Crippen LogP contribution in [0.4, 0.5) is 0 Å². The van der Waals surface area contributed by atoms with E-state index in [1.807, 2.05) is 0 Å². The Labute approximate surface area is 510 Å². The molecule has 1 atom stereocenters. The standard InChI is InChI=1S/C76H136O6/c1-4-7-10-13-16-19-22-25-28-31-33-35-37-38-40-41-43-45-48-51-54-57-60-63-66-69-75(78)81-72-73(71-80-74(77)68-65-62-59-56-53-50-47-30-27-24-21-18-15-12-9-6-3)82-76(79)70-67-64-61-58-55-52-49-46-44-42-39-36-34-32-29-26-23-20-17-14-11-8-5-2/h22-23,25-26,31-34,37-39,42,73H,4-21,24,27-30,35-36,40-41,43-72H2,1-3H3/b25-22-,26-23-,33-31-,34-32-,38-37-,42-39-. The first-order valence-corrected chi connectivity index (χ1v) is 35.9. The summed E-state index contributed by atoms with van der Waals surface area (Å²) in [6, 6.07) is 0. The number of hydrogen-bond donors (Lipinski definition) is 0. The molecule has 1 unspecified atom stereocenters. The van der Waals surface area contributed by atoms with E-state index < -0.39 is 6.10 Å². The Morgan fingerprint density at radius 1 is 0.244 bits per heavy atom. The lowest BCUT2D eigenvalue weighted by Crippen LogP contribution is -2.30. The molecule has 0 bridgehead atoms. The minimum Gasteiger partial charge on any atom is -0.462 e. The number of carbonyl (C=O) groups excluding carboxylic acids is 3. The molecule has 0 rings (SSSR count). The first-order chi connectivity index (χ1) is 40.5. The van der Waals surface area contributed by atoms with Crippen LogP contribution in [0.25, 0.3) is 0 Å². The summed E-state index contributed by atoms with van der Waals surface area (Å²) in [5.74, 6) is -0.865. The second kappa shape index (κ2) is 70.3. The normalized spacial score (nSPS) is 12.5. The lowest BCUT2D eigenvalue weighted by molar-refractivity contribution is -0.167. The third-order valence-corrected chi connectivity index (χ3v) is 15.9. The van der Waals surface area contributed by atoms with Crippen LogP contribution in [-0.2, 0) is 28.6 Å². The van der Waals surface area contributed by atoms with Gasteiger partial charge in [0.2, 0.25) is 0 Å². The molecule has 476 valence electrons. The van der Waals surface area contributed by atoms with Gasteiger partial charge in [-0.15, -0.1) is 0 Å². The molecule has 0 fully saturated rings. The van der Waals surface area contributed by atoms with E-state index in [0.29, 0.717) is 19.3 Å². The zero-order valence-corrected chi connectivity index (χ0v) is 54.8. The Hall–Kier alpha value is -3.15. The van der Waals surface area contributed by atoms with E-state index in [4.69, 9.17) is 14.2 Å². The van der Waals surface area contributed by atoms with Crippen LogP contribution in [0.1, 0.15) is 374 Å². The molecule has 0 aliphatic rings.